The summed E-state index contributed by atoms with van der Waals surface area (Å²) < 4.78 is 1.94. The normalized spacial score (nSPS) is 11.6. The Labute approximate surface area is 154 Å². The third-order valence-electron chi connectivity index (χ3n) is 3.63. The molecular formula is C20H29N5O. The number of carbonyl (C=O) groups excluding carboxylic acids is 1. The maximum Gasteiger partial charge on any atom is 0.176 e. The second kappa shape index (κ2) is 7.41. The molecule has 26 heavy (non-hydrogen) atoms. The largest absolute Gasteiger partial charge is 0.335 e. The van der Waals surface area contributed by atoms with Gasteiger partial charge in [0.2, 0.25) is 0 Å². The Hall–Kier alpha value is -2.47. The van der Waals surface area contributed by atoms with Gasteiger partial charge in [0.25, 0.3) is 0 Å². The predicted molar refractivity (Wildman–Crippen MR) is 106 cm³/mol. The second-order valence-corrected chi connectivity index (χ2v) is 7.96. The van der Waals surface area contributed by atoms with Gasteiger partial charge < -0.3 is 15.3 Å². The molecule has 3 N–H and O–H groups in total. The lowest BCUT2D eigenvalue weighted by Crippen LogP contribution is -2.19. The zero-order chi connectivity index (χ0) is 19.6. The van der Waals surface area contributed by atoms with Crippen LogP contribution in [-0.4, -0.2) is 31.3 Å². The van der Waals surface area contributed by atoms with Crippen molar-refractivity contribution in [2.75, 3.05) is 0 Å². The lowest BCUT2D eigenvalue weighted by molar-refractivity contribution is 0.0858. The number of rotatable bonds is 2. The predicted octanol–water partition coefficient (Wildman–Crippen LogP) is 3.85. The molecule has 6 nitrogen and oxygen atoms in total. The van der Waals surface area contributed by atoms with E-state index in [1.807, 2.05) is 77.6 Å². The summed E-state index contributed by atoms with van der Waals surface area (Å²) >= 11 is 0. The molecule has 6 heteroatoms. The van der Waals surface area contributed by atoms with Crippen LogP contribution in [-0.2, 0) is 7.05 Å². The minimum atomic E-state index is -0.396. The highest BCUT2D eigenvalue weighted by atomic mass is 16.1. The van der Waals surface area contributed by atoms with Crippen molar-refractivity contribution < 1.29 is 4.79 Å². The van der Waals surface area contributed by atoms with E-state index >= 15 is 0 Å². The number of nitrogens with two attached hydrogens (primary N) is 1. The first-order chi connectivity index (χ1) is 12.0. The number of aromatic amines is 1. The fourth-order valence-corrected chi connectivity index (χ4v) is 2.53. The Kier molecular flexibility index (Phi) is 5.66. The van der Waals surface area contributed by atoms with Crippen LogP contribution in [0.4, 0.5) is 0 Å². The van der Waals surface area contributed by atoms with Gasteiger partial charge in [-0.25, -0.2) is 9.97 Å². The van der Waals surface area contributed by atoms with Gasteiger partial charge in [0, 0.05) is 24.2 Å². The first-order valence-corrected chi connectivity index (χ1v) is 8.79. The first-order valence-electron chi connectivity index (χ1n) is 8.79. The van der Waals surface area contributed by atoms with Crippen LogP contribution in [0, 0.1) is 12.3 Å². The van der Waals surface area contributed by atoms with Crippen molar-refractivity contribution in [2.24, 2.45) is 18.2 Å². The highest BCUT2D eigenvalue weighted by Gasteiger charge is 2.23. The van der Waals surface area contributed by atoms with E-state index in [-0.39, 0.29) is 5.78 Å². The molecule has 0 aliphatic carbocycles. The van der Waals surface area contributed by atoms with Crippen LogP contribution < -0.4 is 5.73 Å². The van der Waals surface area contributed by atoms with Gasteiger partial charge in [-0.05, 0) is 31.2 Å². The zero-order valence-corrected chi connectivity index (χ0v) is 16.7. The van der Waals surface area contributed by atoms with Gasteiger partial charge in [0.1, 0.15) is 0 Å². The van der Waals surface area contributed by atoms with Gasteiger partial charge in [-0.2, -0.15) is 0 Å². The lowest BCUT2D eigenvalue weighted by Gasteiger charge is -2.16. The number of aryl methyl sites for hydroxylation is 2. The number of H-pyrrole nitrogens is 1. The third-order valence-corrected chi connectivity index (χ3v) is 3.63. The third kappa shape index (κ3) is 4.58. The molecule has 3 aromatic rings. The summed E-state index contributed by atoms with van der Waals surface area (Å²) in [5.41, 5.74) is 8.05. The zero-order valence-electron chi connectivity index (χ0n) is 16.7. The molecule has 0 spiro atoms. The maximum absolute atomic E-state index is 12.4. The van der Waals surface area contributed by atoms with Gasteiger partial charge >= 0.3 is 0 Å². The monoisotopic (exact) mass is 355 g/mol. The van der Waals surface area contributed by atoms with Crippen molar-refractivity contribution in [3.63, 3.8) is 0 Å². The van der Waals surface area contributed by atoms with E-state index in [0.717, 1.165) is 22.6 Å². The molecule has 0 aliphatic rings. The van der Waals surface area contributed by atoms with Crippen molar-refractivity contribution in [3.05, 3.63) is 35.7 Å². The number of Topliss-reactive ketones (excluding diaryl/α,β-unsaturated/α-hetero) is 1. The van der Waals surface area contributed by atoms with E-state index in [0.29, 0.717) is 17.4 Å². The Morgan fingerprint density at radius 2 is 1.85 bits per heavy atom. The molecule has 0 bridgehead atoms. The number of imidazole rings is 2. The topological polar surface area (TPSA) is 89.6 Å². The molecule has 1 aromatic carbocycles. The van der Waals surface area contributed by atoms with Gasteiger partial charge in [0.05, 0.1) is 16.7 Å². The van der Waals surface area contributed by atoms with Crippen molar-refractivity contribution in [2.45, 2.75) is 47.6 Å². The minimum absolute atomic E-state index is 0.124. The Bertz CT molecular complexity index is 909. The molecule has 0 atom stereocenters. The molecule has 0 fully saturated rings. The van der Waals surface area contributed by atoms with Crippen LogP contribution in [0.3, 0.4) is 0 Å². The number of aromatic nitrogens is 4. The average Bonchev–Trinajstić information content (AvgIpc) is 3.06. The average molecular weight is 355 g/mol. The van der Waals surface area contributed by atoms with Crippen LogP contribution in [0.5, 0.6) is 0 Å². The highest BCUT2D eigenvalue weighted by Crippen LogP contribution is 2.25. The molecule has 0 aliphatic heterocycles. The molecule has 140 valence electrons. The summed E-state index contributed by atoms with van der Waals surface area (Å²) in [4.78, 5) is 24.7. The minimum Gasteiger partial charge on any atom is -0.335 e. The molecule has 0 radical (unpaired) electrons. The molecule has 0 saturated carbocycles. The van der Waals surface area contributed by atoms with Crippen LogP contribution in [0.2, 0.25) is 0 Å². The number of benzene rings is 1. The van der Waals surface area contributed by atoms with E-state index in [1.165, 1.54) is 0 Å². The molecule has 0 unspecified atom stereocenters. The van der Waals surface area contributed by atoms with Crippen LogP contribution in [0.25, 0.3) is 22.7 Å². The summed E-state index contributed by atoms with van der Waals surface area (Å²) in [6.45, 7) is 11.6. The van der Waals surface area contributed by atoms with Gasteiger partial charge in [0.15, 0.2) is 17.4 Å². The van der Waals surface area contributed by atoms with E-state index in [4.69, 9.17) is 5.73 Å². The van der Waals surface area contributed by atoms with E-state index in [9.17, 15) is 4.79 Å². The first kappa shape index (κ1) is 19.8. The Morgan fingerprint density at radius 1 is 1.23 bits per heavy atom. The quantitative estimate of drug-likeness (QED) is 0.683. The SMILES string of the molecule is CC(C)N.Cc1cn(C)c(-c2nc3ccc(C(=O)C(C)(C)C)cc3[nH]2)n1. The van der Waals surface area contributed by atoms with Crippen LogP contribution in [0.15, 0.2) is 24.4 Å². The summed E-state index contributed by atoms with van der Waals surface area (Å²) in [5.74, 6) is 1.63. The molecule has 3 rings (SSSR count). The van der Waals surface area contributed by atoms with Gasteiger partial charge in [-0.15, -0.1) is 0 Å². The number of nitrogens with one attached hydrogen (secondary N) is 1. The summed E-state index contributed by atoms with van der Waals surface area (Å²) in [7, 11) is 1.94. The van der Waals surface area contributed by atoms with Crippen molar-refractivity contribution >= 4 is 16.8 Å². The fraction of sp³-hybridized carbons (Fsp3) is 0.450. The van der Waals surface area contributed by atoms with Gasteiger partial charge in [-0.1, -0.05) is 34.6 Å². The summed E-state index contributed by atoms with van der Waals surface area (Å²) in [6, 6.07) is 5.92. The molecule has 0 saturated heterocycles. The Balaban J connectivity index is 0.000000552. The number of hydrogen-bond acceptors (Lipinski definition) is 4. The van der Waals surface area contributed by atoms with Crippen LogP contribution >= 0.6 is 0 Å². The summed E-state index contributed by atoms with van der Waals surface area (Å²) in [6.07, 6.45) is 1.96. The number of fused-ring (bicyclic) bond motifs is 1. The second-order valence-electron chi connectivity index (χ2n) is 7.96. The van der Waals surface area contributed by atoms with Crippen molar-refractivity contribution in [1.29, 1.82) is 0 Å². The highest BCUT2D eigenvalue weighted by molar-refractivity contribution is 6.02. The van der Waals surface area contributed by atoms with Crippen molar-refractivity contribution in [1.82, 2.24) is 19.5 Å². The molecular weight excluding hydrogens is 326 g/mol. The van der Waals surface area contributed by atoms with Crippen LogP contribution in [0.1, 0.15) is 50.7 Å². The molecule has 0 amide bonds. The smallest absolute Gasteiger partial charge is 0.176 e. The molecule has 2 aromatic heterocycles. The number of hydrogen-bond donors (Lipinski definition) is 2. The fourth-order valence-electron chi connectivity index (χ4n) is 2.53. The van der Waals surface area contributed by atoms with E-state index < -0.39 is 5.41 Å². The number of ketones is 1. The molecule has 2 heterocycles. The maximum atomic E-state index is 12.4. The Morgan fingerprint density at radius 3 is 2.35 bits per heavy atom. The van der Waals surface area contributed by atoms with Crippen molar-refractivity contribution in [3.8, 4) is 11.6 Å². The van der Waals surface area contributed by atoms with E-state index in [2.05, 4.69) is 15.0 Å². The number of carbonyl (C=O) groups is 1. The van der Waals surface area contributed by atoms with E-state index in [1.54, 1.807) is 0 Å². The standard InChI is InChI=1S/C17H20N4O.C3H9N/c1-10-9-21(5)16(18-10)15-19-12-7-6-11(8-13(12)20-15)14(22)17(2,3)4;1-3(2)4/h6-9H,1-5H3,(H,19,20);3H,4H2,1-2H3. The van der Waals surface area contributed by atoms with Gasteiger partial charge in [-0.3, -0.25) is 4.79 Å². The number of nitrogens with zero attached hydrogens (tertiary/aromatic N) is 3. The lowest BCUT2D eigenvalue weighted by atomic mass is 9.86. The summed E-state index contributed by atoms with van der Waals surface area (Å²) in [5, 5.41) is 0.